The summed E-state index contributed by atoms with van der Waals surface area (Å²) in [5.41, 5.74) is 9.09. The highest BCUT2D eigenvalue weighted by atomic mass is 14.8. The number of benzene rings is 2. The summed E-state index contributed by atoms with van der Waals surface area (Å²) in [6, 6.07) is 13.2. The Morgan fingerprint density at radius 2 is 1.11 bits per heavy atom. The molecule has 4 aromatic rings. The Morgan fingerprint density at radius 3 is 1.52 bits per heavy atom. The van der Waals surface area contributed by atoms with Crippen LogP contribution in [0.5, 0.6) is 0 Å². The molecule has 2 aromatic carbocycles. The first kappa shape index (κ1) is 15.8. The molecule has 0 atom stereocenters. The van der Waals surface area contributed by atoms with E-state index in [0.717, 1.165) is 22.5 Å². The number of fused-ring (bicyclic) bond motifs is 3. The van der Waals surface area contributed by atoms with E-state index in [4.69, 9.17) is 0 Å². The van der Waals surface area contributed by atoms with Gasteiger partial charge in [0.25, 0.3) is 0 Å². The fraction of sp³-hybridized carbons (Fsp3) is 0.130. The minimum absolute atomic E-state index is 0.0961. The summed E-state index contributed by atoms with van der Waals surface area (Å²) in [5, 5.41) is 0. The van der Waals surface area contributed by atoms with Crippen LogP contribution in [0.1, 0.15) is 25.0 Å². The Kier molecular flexibility index (Phi) is 3.41. The third kappa shape index (κ3) is 2.45. The molecule has 4 heteroatoms. The van der Waals surface area contributed by atoms with E-state index in [-0.39, 0.29) is 5.41 Å². The highest BCUT2D eigenvalue weighted by Crippen LogP contribution is 2.50. The van der Waals surface area contributed by atoms with E-state index in [1.807, 2.05) is 12.4 Å². The highest BCUT2D eigenvalue weighted by molar-refractivity contribution is 5.85. The highest BCUT2D eigenvalue weighted by Gasteiger charge is 2.35. The van der Waals surface area contributed by atoms with Crippen LogP contribution in [0, 0.1) is 0 Å². The maximum Gasteiger partial charge on any atom is 0.0885 e. The molecule has 0 radical (unpaired) electrons. The molecule has 0 aliphatic heterocycles. The molecular weight excluding hydrogens is 332 g/mol. The van der Waals surface area contributed by atoms with E-state index in [9.17, 15) is 0 Å². The van der Waals surface area contributed by atoms with Crippen molar-refractivity contribution >= 4 is 0 Å². The van der Waals surface area contributed by atoms with Crippen molar-refractivity contribution in [1.29, 1.82) is 0 Å². The molecule has 0 fully saturated rings. The molecule has 5 rings (SSSR count). The number of aromatic nitrogens is 4. The lowest BCUT2D eigenvalue weighted by molar-refractivity contribution is 0.661. The lowest BCUT2D eigenvalue weighted by Crippen LogP contribution is -2.15. The smallest absolute Gasteiger partial charge is 0.0885 e. The zero-order valence-electron chi connectivity index (χ0n) is 15.2. The number of hydrogen-bond acceptors (Lipinski definition) is 4. The van der Waals surface area contributed by atoms with E-state index >= 15 is 0 Å². The van der Waals surface area contributed by atoms with Crippen LogP contribution in [0.2, 0.25) is 0 Å². The Labute approximate surface area is 158 Å². The summed E-state index contributed by atoms with van der Waals surface area (Å²) < 4.78 is 0. The van der Waals surface area contributed by atoms with Crippen LogP contribution in [0.4, 0.5) is 0 Å². The van der Waals surface area contributed by atoms with Gasteiger partial charge >= 0.3 is 0 Å². The first-order valence-corrected chi connectivity index (χ1v) is 8.97. The van der Waals surface area contributed by atoms with Crippen molar-refractivity contribution in [3.8, 4) is 33.6 Å². The van der Waals surface area contributed by atoms with Crippen molar-refractivity contribution in [2.75, 3.05) is 0 Å². The first-order valence-electron chi connectivity index (χ1n) is 8.97. The topological polar surface area (TPSA) is 51.6 Å². The number of hydrogen-bond donors (Lipinski definition) is 0. The summed E-state index contributed by atoms with van der Waals surface area (Å²) in [6.07, 6.45) is 10.5. The quantitative estimate of drug-likeness (QED) is 0.515. The van der Waals surface area contributed by atoms with Gasteiger partial charge in [0.2, 0.25) is 0 Å². The minimum Gasteiger partial charge on any atom is -0.261 e. The number of nitrogens with zero attached hydrogens (tertiary/aromatic N) is 4. The largest absolute Gasteiger partial charge is 0.261 e. The Morgan fingerprint density at radius 1 is 0.630 bits per heavy atom. The second-order valence-corrected chi connectivity index (χ2v) is 7.33. The standard InChI is InChI=1S/C23H18N4/c1-23(2)19-11-15(21-13-24-7-9-26-21)3-5-17(19)18-6-4-16(12-20(18)23)22-14-25-8-10-27-22/h3-14H,1-2H3. The van der Waals surface area contributed by atoms with Gasteiger partial charge < -0.3 is 0 Å². The van der Waals surface area contributed by atoms with Crippen LogP contribution in [-0.2, 0) is 5.41 Å². The van der Waals surface area contributed by atoms with Gasteiger partial charge in [0.15, 0.2) is 0 Å². The van der Waals surface area contributed by atoms with Gasteiger partial charge in [-0.25, -0.2) is 0 Å². The van der Waals surface area contributed by atoms with Crippen LogP contribution in [0.25, 0.3) is 33.6 Å². The molecule has 0 N–H and O–H groups in total. The van der Waals surface area contributed by atoms with E-state index in [1.165, 1.54) is 22.3 Å². The van der Waals surface area contributed by atoms with Crippen LogP contribution in [0.3, 0.4) is 0 Å². The van der Waals surface area contributed by atoms with Crippen molar-refractivity contribution in [1.82, 2.24) is 19.9 Å². The number of rotatable bonds is 2. The summed E-state index contributed by atoms with van der Waals surface area (Å²) in [4.78, 5) is 17.3. The second-order valence-electron chi connectivity index (χ2n) is 7.33. The Balaban J connectivity index is 1.65. The molecule has 0 unspecified atom stereocenters. The normalized spacial score (nSPS) is 13.9. The van der Waals surface area contributed by atoms with Crippen LogP contribution in [-0.4, -0.2) is 19.9 Å². The maximum atomic E-state index is 4.45. The van der Waals surface area contributed by atoms with Crippen molar-refractivity contribution in [2.45, 2.75) is 19.3 Å². The Hall–Kier alpha value is -3.40. The van der Waals surface area contributed by atoms with Gasteiger partial charge in [-0.15, -0.1) is 0 Å². The molecule has 0 spiro atoms. The average Bonchev–Trinajstić information content (AvgIpc) is 2.96. The molecule has 2 heterocycles. The summed E-state index contributed by atoms with van der Waals surface area (Å²) >= 11 is 0. The zero-order chi connectivity index (χ0) is 18.4. The van der Waals surface area contributed by atoms with E-state index < -0.39 is 0 Å². The van der Waals surface area contributed by atoms with Crippen molar-refractivity contribution in [2.24, 2.45) is 0 Å². The van der Waals surface area contributed by atoms with Crippen LogP contribution < -0.4 is 0 Å². The first-order chi connectivity index (χ1) is 13.1. The van der Waals surface area contributed by atoms with E-state index in [0.29, 0.717) is 0 Å². The van der Waals surface area contributed by atoms with Gasteiger partial charge in [-0.05, 0) is 34.4 Å². The molecule has 130 valence electrons. The van der Waals surface area contributed by atoms with Crippen molar-refractivity contribution in [3.63, 3.8) is 0 Å². The van der Waals surface area contributed by atoms with Crippen LogP contribution >= 0.6 is 0 Å². The van der Waals surface area contributed by atoms with Gasteiger partial charge in [-0.3, -0.25) is 19.9 Å². The summed E-state index contributed by atoms with van der Waals surface area (Å²) in [7, 11) is 0. The predicted molar refractivity (Wildman–Crippen MR) is 106 cm³/mol. The van der Waals surface area contributed by atoms with Gasteiger partial charge in [-0.1, -0.05) is 38.1 Å². The Bertz CT molecular complexity index is 1040. The lowest BCUT2D eigenvalue weighted by Gasteiger charge is -2.22. The zero-order valence-corrected chi connectivity index (χ0v) is 15.2. The summed E-state index contributed by atoms with van der Waals surface area (Å²) in [5.74, 6) is 0. The third-order valence-corrected chi connectivity index (χ3v) is 5.39. The van der Waals surface area contributed by atoms with Crippen molar-refractivity contribution < 1.29 is 0 Å². The minimum atomic E-state index is -0.0961. The molecule has 0 bridgehead atoms. The molecule has 1 aliphatic rings. The second kappa shape index (κ2) is 5.81. The van der Waals surface area contributed by atoms with Gasteiger partial charge in [0, 0.05) is 41.3 Å². The average molecular weight is 350 g/mol. The van der Waals surface area contributed by atoms with E-state index in [1.54, 1.807) is 24.8 Å². The summed E-state index contributed by atoms with van der Waals surface area (Å²) in [6.45, 7) is 4.55. The fourth-order valence-corrected chi connectivity index (χ4v) is 3.95. The van der Waals surface area contributed by atoms with Gasteiger partial charge in [0.05, 0.1) is 23.8 Å². The van der Waals surface area contributed by atoms with E-state index in [2.05, 4.69) is 70.2 Å². The molecule has 1 aliphatic carbocycles. The SMILES string of the molecule is CC1(C)c2cc(-c3cnccn3)ccc2-c2ccc(-c3cnccn3)cc21. The van der Waals surface area contributed by atoms with Gasteiger partial charge in [0.1, 0.15) is 0 Å². The molecule has 27 heavy (non-hydrogen) atoms. The lowest BCUT2D eigenvalue weighted by atomic mass is 9.81. The van der Waals surface area contributed by atoms with Gasteiger partial charge in [-0.2, -0.15) is 0 Å². The molecule has 4 nitrogen and oxygen atoms in total. The molecule has 0 amide bonds. The molecular formula is C23H18N4. The van der Waals surface area contributed by atoms with Crippen LogP contribution in [0.15, 0.2) is 73.6 Å². The van der Waals surface area contributed by atoms with Crippen molar-refractivity contribution in [3.05, 3.63) is 84.7 Å². The maximum absolute atomic E-state index is 4.45. The molecule has 2 aromatic heterocycles. The molecule has 0 saturated carbocycles. The molecule has 0 saturated heterocycles. The monoisotopic (exact) mass is 350 g/mol. The predicted octanol–water partition coefficient (Wildman–Crippen LogP) is 4.91. The fourth-order valence-electron chi connectivity index (χ4n) is 3.95. The third-order valence-electron chi connectivity index (χ3n) is 5.39.